The van der Waals surface area contributed by atoms with Gasteiger partial charge in [0.15, 0.2) is 5.82 Å². The molecule has 6 nitrogen and oxygen atoms in total. The number of piperidine rings is 1. The molecule has 134 valence electrons. The first-order valence-corrected chi connectivity index (χ1v) is 9.58. The van der Waals surface area contributed by atoms with Gasteiger partial charge in [0.05, 0.1) is 6.04 Å². The summed E-state index contributed by atoms with van der Waals surface area (Å²) in [5.41, 5.74) is 0. The highest BCUT2D eigenvalue weighted by molar-refractivity contribution is 5.76. The first kappa shape index (κ1) is 17.4. The van der Waals surface area contributed by atoms with Crippen LogP contribution in [0.5, 0.6) is 0 Å². The van der Waals surface area contributed by atoms with Crippen molar-refractivity contribution in [3.63, 3.8) is 0 Å². The highest BCUT2D eigenvalue weighted by atomic mass is 16.1. The van der Waals surface area contributed by atoms with Crippen molar-refractivity contribution >= 4 is 5.91 Å². The van der Waals surface area contributed by atoms with Crippen molar-refractivity contribution in [1.82, 2.24) is 25.0 Å². The molecule has 1 aromatic heterocycles. The van der Waals surface area contributed by atoms with E-state index in [0.717, 1.165) is 38.3 Å². The summed E-state index contributed by atoms with van der Waals surface area (Å²) in [4.78, 5) is 14.9. The van der Waals surface area contributed by atoms with Crippen molar-refractivity contribution in [2.75, 3.05) is 19.6 Å². The molecule has 6 heteroatoms. The van der Waals surface area contributed by atoms with Crippen molar-refractivity contribution < 1.29 is 4.79 Å². The summed E-state index contributed by atoms with van der Waals surface area (Å²) >= 11 is 0. The Kier molecular flexibility index (Phi) is 5.87. The molecule has 1 N–H and O–H groups in total. The second-order valence-electron chi connectivity index (χ2n) is 7.41. The van der Waals surface area contributed by atoms with E-state index in [1.54, 1.807) is 0 Å². The summed E-state index contributed by atoms with van der Waals surface area (Å²) in [7, 11) is 0. The molecular weight excluding hydrogens is 302 g/mol. The Morgan fingerprint density at radius 2 is 2.00 bits per heavy atom. The number of amides is 1. The largest absolute Gasteiger partial charge is 0.346 e. The number of nitrogens with one attached hydrogen (secondary N) is 1. The maximum Gasteiger partial charge on any atom is 0.220 e. The summed E-state index contributed by atoms with van der Waals surface area (Å²) in [5.74, 6) is 1.57. The van der Waals surface area contributed by atoms with Crippen LogP contribution in [0.1, 0.15) is 76.7 Å². The van der Waals surface area contributed by atoms with Gasteiger partial charge in [-0.1, -0.05) is 19.8 Å². The Morgan fingerprint density at radius 3 is 2.67 bits per heavy atom. The second kappa shape index (κ2) is 8.10. The molecule has 1 saturated carbocycles. The number of aromatic nitrogens is 3. The van der Waals surface area contributed by atoms with Crippen LogP contribution in [0.25, 0.3) is 0 Å². The summed E-state index contributed by atoms with van der Waals surface area (Å²) in [5, 5.41) is 11.5. The van der Waals surface area contributed by atoms with Gasteiger partial charge in [0, 0.05) is 12.5 Å². The van der Waals surface area contributed by atoms with E-state index in [1.807, 2.05) is 13.3 Å². The predicted molar refractivity (Wildman–Crippen MR) is 93.5 cm³/mol. The van der Waals surface area contributed by atoms with Gasteiger partial charge in [-0.15, -0.1) is 10.2 Å². The van der Waals surface area contributed by atoms with Crippen LogP contribution in [0.4, 0.5) is 0 Å². The van der Waals surface area contributed by atoms with Gasteiger partial charge in [0.25, 0.3) is 0 Å². The Balaban J connectivity index is 1.50. The van der Waals surface area contributed by atoms with Crippen molar-refractivity contribution in [3.05, 3.63) is 12.2 Å². The molecule has 0 unspecified atom stereocenters. The molecule has 2 aliphatic rings. The fourth-order valence-electron chi connectivity index (χ4n) is 4.16. The smallest absolute Gasteiger partial charge is 0.220 e. The first-order valence-electron chi connectivity index (χ1n) is 9.58. The fourth-order valence-corrected chi connectivity index (χ4v) is 4.16. The van der Waals surface area contributed by atoms with E-state index in [-0.39, 0.29) is 11.9 Å². The van der Waals surface area contributed by atoms with Crippen LogP contribution in [0, 0.1) is 5.92 Å². The zero-order valence-corrected chi connectivity index (χ0v) is 15.1. The van der Waals surface area contributed by atoms with E-state index in [9.17, 15) is 4.79 Å². The van der Waals surface area contributed by atoms with Gasteiger partial charge in [-0.25, -0.2) is 0 Å². The molecule has 0 aromatic carbocycles. The van der Waals surface area contributed by atoms with Gasteiger partial charge in [-0.3, -0.25) is 4.79 Å². The van der Waals surface area contributed by atoms with Gasteiger partial charge in [-0.05, 0) is 58.2 Å². The van der Waals surface area contributed by atoms with E-state index < -0.39 is 0 Å². The molecule has 1 aromatic rings. The maximum atomic E-state index is 12.4. The molecule has 0 spiro atoms. The molecule has 2 heterocycles. The van der Waals surface area contributed by atoms with Gasteiger partial charge in [0.1, 0.15) is 6.33 Å². The van der Waals surface area contributed by atoms with Crippen LogP contribution < -0.4 is 5.32 Å². The van der Waals surface area contributed by atoms with Crippen molar-refractivity contribution in [2.24, 2.45) is 5.92 Å². The topological polar surface area (TPSA) is 63.1 Å². The number of carbonyl (C=O) groups is 1. The number of hydrogen-bond acceptors (Lipinski definition) is 4. The maximum absolute atomic E-state index is 12.4. The molecule has 2 fully saturated rings. The predicted octanol–water partition coefficient (Wildman–Crippen LogP) is 2.69. The lowest BCUT2D eigenvalue weighted by atomic mass is 9.93. The average Bonchev–Trinajstić information content (AvgIpc) is 3.26. The number of likely N-dealkylation sites (tertiary alicyclic amines) is 1. The van der Waals surface area contributed by atoms with Crippen LogP contribution in [0.15, 0.2) is 6.33 Å². The lowest BCUT2D eigenvalue weighted by molar-refractivity contribution is -0.123. The summed E-state index contributed by atoms with van der Waals surface area (Å²) < 4.78 is 2.18. The second-order valence-corrected chi connectivity index (χ2v) is 7.41. The molecule has 1 aliphatic carbocycles. The molecule has 1 aliphatic heterocycles. The third kappa shape index (κ3) is 4.15. The number of carbonyl (C=O) groups excluding carboxylic acids is 1. The van der Waals surface area contributed by atoms with E-state index in [0.29, 0.717) is 18.4 Å². The monoisotopic (exact) mass is 333 g/mol. The van der Waals surface area contributed by atoms with Gasteiger partial charge < -0.3 is 14.8 Å². The third-order valence-corrected chi connectivity index (χ3v) is 5.71. The molecule has 3 rings (SSSR count). The molecule has 0 radical (unpaired) electrons. The number of hydrogen-bond donors (Lipinski definition) is 1. The van der Waals surface area contributed by atoms with Crippen molar-refractivity contribution in [3.8, 4) is 0 Å². The minimum Gasteiger partial charge on any atom is -0.346 e. The van der Waals surface area contributed by atoms with Crippen LogP contribution in [0.2, 0.25) is 0 Å². The van der Waals surface area contributed by atoms with Crippen LogP contribution >= 0.6 is 0 Å². The van der Waals surface area contributed by atoms with Crippen molar-refractivity contribution in [2.45, 2.75) is 70.9 Å². The van der Waals surface area contributed by atoms with E-state index >= 15 is 0 Å². The summed E-state index contributed by atoms with van der Waals surface area (Å²) in [6.07, 6.45) is 9.68. The normalized spacial score (nSPS) is 21.9. The fraction of sp³-hybridized carbons (Fsp3) is 0.833. The third-order valence-electron chi connectivity index (χ3n) is 5.71. The Morgan fingerprint density at radius 1 is 1.29 bits per heavy atom. The quantitative estimate of drug-likeness (QED) is 0.869. The molecule has 24 heavy (non-hydrogen) atoms. The standard InChI is InChI=1S/C18H31N5O/c1-3-22-10-8-15(9-11-22)12-17(24)20-14(2)18-21-19-13-23(18)16-6-4-5-7-16/h13-16H,3-12H2,1-2H3,(H,20,24)/t14-/m1/s1. The molecular formula is C18H31N5O. The molecule has 1 saturated heterocycles. The van der Waals surface area contributed by atoms with Crippen LogP contribution in [-0.2, 0) is 4.79 Å². The zero-order valence-electron chi connectivity index (χ0n) is 15.1. The SMILES string of the molecule is CCN1CCC(CC(=O)N[C@H](C)c2nncn2C2CCCC2)CC1. The van der Waals surface area contributed by atoms with Crippen LogP contribution in [0.3, 0.4) is 0 Å². The highest BCUT2D eigenvalue weighted by Crippen LogP contribution is 2.31. The Labute approximate surface area is 145 Å². The van der Waals surface area contributed by atoms with E-state index in [2.05, 4.69) is 31.9 Å². The minimum atomic E-state index is -0.0728. The van der Waals surface area contributed by atoms with E-state index in [1.165, 1.54) is 25.7 Å². The van der Waals surface area contributed by atoms with E-state index in [4.69, 9.17) is 0 Å². The Hall–Kier alpha value is -1.43. The summed E-state index contributed by atoms with van der Waals surface area (Å²) in [6, 6.07) is 0.434. The van der Waals surface area contributed by atoms with Crippen molar-refractivity contribution in [1.29, 1.82) is 0 Å². The van der Waals surface area contributed by atoms with Gasteiger partial charge in [0.2, 0.25) is 5.91 Å². The summed E-state index contributed by atoms with van der Waals surface area (Å²) in [6.45, 7) is 7.59. The van der Waals surface area contributed by atoms with Gasteiger partial charge in [-0.2, -0.15) is 0 Å². The zero-order chi connectivity index (χ0) is 16.9. The highest BCUT2D eigenvalue weighted by Gasteiger charge is 2.25. The number of rotatable bonds is 6. The van der Waals surface area contributed by atoms with Crippen LogP contribution in [-0.4, -0.2) is 45.2 Å². The lowest BCUT2D eigenvalue weighted by Gasteiger charge is -2.30. The minimum absolute atomic E-state index is 0.0728. The lowest BCUT2D eigenvalue weighted by Crippen LogP contribution is -2.36. The molecule has 1 atom stereocenters. The van der Waals surface area contributed by atoms with Gasteiger partial charge >= 0.3 is 0 Å². The molecule has 1 amide bonds. The molecule has 0 bridgehead atoms. The first-order chi connectivity index (χ1) is 11.7. The Bertz CT molecular complexity index is 529. The average molecular weight is 333 g/mol. The number of nitrogens with zero attached hydrogens (tertiary/aromatic N) is 4.